The zero-order valence-corrected chi connectivity index (χ0v) is 12.8. The molecule has 112 valence electrons. The third-order valence-corrected chi connectivity index (χ3v) is 3.41. The summed E-state index contributed by atoms with van der Waals surface area (Å²) in [7, 11) is 0. The van der Waals surface area contributed by atoms with Gasteiger partial charge in [0.05, 0.1) is 11.4 Å². The van der Waals surface area contributed by atoms with Crippen molar-refractivity contribution in [2.75, 3.05) is 0 Å². The molecule has 3 aromatic carbocycles. The number of benzene rings is 3. The van der Waals surface area contributed by atoms with Gasteiger partial charge in [-0.25, -0.2) is 0 Å². The van der Waals surface area contributed by atoms with E-state index in [4.69, 9.17) is 0 Å². The molecule has 0 fully saturated rings. The smallest absolute Gasteiger partial charge is 0.0856 e. The maximum absolute atomic E-state index is 4.47. The van der Waals surface area contributed by atoms with Gasteiger partial charge in [-0.2, -0.15) is 10.2 Å². The van der Waals surface area contributed by atoms with E-state index in [9.17, 15) is 0 Å². The van der Waals surface area contributed by atoms with Crippen LogP contribution < -0.4 is 0 Å². The van der Waals surface area contributed by atoms with E-state index in [0.29, 0.717) is 0 Å². The normalized spacial score (nSPS) is 11.7. The zero-order valence-electron chi connectivity index (χ0n) is 12.8. The molecule has 0 N–H and O–H groups in total. The first kappa shape index (κ1) is 14.9. The van der Waals surface area contributed by atoms with E-state index in [1.54, 1.807) is 0 Å². The maximum atomic E-state index is 4.47. The van der Waals surface area contributed by atoms with Gasteiger partial charge in [0, 0.05) is 6.42 Å². The molecule has 0 aromatic heterocycles. The highest BCUT2D eigenvalue weighted by Gasteiger charge is 2.00. The quantitative estimate of drug-likeness (QED) is 0.512. The second-order valence-electron chi connectivity index (χ2n) is 5.24. The Morgan fingerprint density at radius 3 is 1.91 bits per heavy atom. The molecule has 0 aliphatic carbocycles. The third kappa shape index (κ3) is 4.75. The molecule has 3 rings (SSSR count). The Morgan fingerprint density at radius 1 is 0.696 bits per heavy atom. The summed E-state index contributed by atoms with van der Waals surface area (Å²) in [6, 6.07) is 30.4. The lowest BCUT2D eigenvalue weighted by atomic mass is 10.1. The Bertz CT molecular complexity index is 776. The largest absolute Gasteiger partial charge is 0.155 e. The molecule has 3 aromatic rings. The molecule has 23 heavy (non-hydrogen) atoms. The van der Waals surface area contributed by atoms with Gasteiger partial charge in [0.1, 0.15) is 0 Å². The van der Waals surface area contributed by atoms with Crippen molar-refractivity contribution in [3.05, 3.63) is 108 Å². The van der Waals surface area contributed by atoms with Crippen molar-refractivity contribution in [3.8, 4) is 0 Å². The molecule has 0 aliphatic rings. The fourth-order valence-corrected chi connectivity index (χ4v) is 2.28. The number of azo groups is 1. The van der Waals surface area contributed by atoms with Gasteiger partial charge in [-0.3, -0.25) is 0 Å². The Balaban J connectivity index is 1.87. The van der Waals surface area contributed by atoms with Crippen molar-refractivity contribution in [2.24, 2.45) is 10.2 Å². The summed E-state index contributed by atoms with van der Waals surface area (Å²) in [5.41, 5.74) is 4.15. The summed E-state index contributed by atoms with van der Waals surface area (Å²) in [4.78, 5) is 0. The molecule has 2 heteroatoms. The first-order chi connectivity index (χ1) is 11.4. The van der Waals surface area contributed by atoms with Crippen LogP contribution in [0.3, 0.4) is 0 Å². The SMILES string of the molecule is C(=C(Cc1ccccc1)N=Nc1ccccc1)c1ccccc1. The van der Waals surface area contributed by atoms with E-state index in [0.717, 1.165) is 23.4 Å². The molecule has 0 atom stereocenters. The highest BCUT2D eigenvalue weighted by atomic mass is 15.1. The van der Waals surface area contributed by atoms with Crippen LogP contribution >= 0.6 is 0 Å². The molecule has 0 saturated heterocycles. The van der Waals surface area contributed by atoms with Crippen LogP contribution in [0, 0.1) is 0 Å². The summed E-state index contributed by atoms with van der Waals surface area (Å²) in [5, 5.41) is 8.83. The van der Waals surface area contributed by atoms with Crippen LogP contribution in [-0.4, -0.2) is 0 Å². The second kappa shape index (κ2) is 7.85. The Hall–Kier alpha value is -3.00. The number of hydrogen-bond acceptors (Lipinski definition) is 2. The molecule has 0 spiro atoms. The first-order valence-electron chi connectivity index (χ1n) is 7.66. The van der Waals surface area contributed by atoms with E-state index < -0.39 is 0 Å². The number of rotatable bonds is 5. The number of hydrogen-bond donors (Lipinski definition) is 0. The van der Waals surface area contributed by atoms with E-state index in [-0.39, 0.29) is 0 Å². The third-order valence-electron chi connectivity index (χ3n) is 3.41. The molecular formula is C21H18N2. The standard InChI is InChI=1S/C21H18N2/c1-4-10-18(11-5-1)16-21(17-19-12-6-2-7-13-19)23-22-20-14-8-3-9-15-20/h1-16H,17H2. The predicted octanol–water partition coefficient (Wildman–Crippen LogP) is 6.05. The lowest BCUT2D eigenvalue weighted by Gasteiger charge is -2.02. The highest BCUT2D eigenvalue weighted by molar-refractivity contribution is 5.53. The molecule has 0 heterocycles. The van der Waals surface area contributed by atoms with E-state index >= 15 is 0 Å². The van der Waals surface area contributed by atoms with Crippen LogP contribution in [0.4, 0.5) is 5.69 Å². The van der Waals surface area contributed by atoms with Crippen LogP contribution in [0.5, 0.6) is 0 Å². The second-order valence-corrected chi connectivity index (χ2v) is 5.24. The van der Waals surface area contributed by atoms with Crippen LogP contribution in [0.1, 0.15) is 11.1 Å². The average Bonchev–Trinajstić information content (AvgIpc) is 2.62. The van der Waals surface area contributed by atoms with Gasteiger partial charge < -0.3 is 0 Å². The maximum Gasteiger partial charge on any atom is 0.0856 e. The van der Waals surface area contributed by atoms with Crippen molar-refractivity contribution >= 4 is 11.8 Å². The van der Waals surface area contributed by atoms with Gasteiger partial charge in [-0.1, -0.05) is 78.9 Å². The fourth-order valence-electron chi connectivity index (χ4n) is 2.28. The summed E-state index contributed by atoms with van der Waals surface area (Å²) in [6.07, 6.45) is 2.84. The monoisotopic (exact) mass is 298 g/mol. The Morgan fingerprint density at radius 2 is 1.26 bits per heavy atom. The fraction of sp³-hybridized carbons (Fsp3) is 0.0476. The van der Waals surface area contributed by atoms with Crippen molar-refractivity contribution in [1.29, 1.82) is 0 Å². The van der Waals surface area contributed by atoms with Gasteiger partial charge in [-0.05, 0) is 29.3 Å². The van der Waals surface area contributed by atoms with E-state index in [1.807, 2.05) is 66.7 Å². The van der Waals surface area contributed by atoms with E-state index in [1.165, 1.54) is 5.56 Å². The minimum atomic E-state index is 0.756. The predicted molar refractivity (Wildman–Crippen MR) is 95.5 cm³/mol. The Kier molecular flexibility index (Phi) is 5.09. The zero-order chi connectivity index (χ0) is 15.7. The van der Waals surface area contributed by atoms with Gasteiger partial charge in [0.15, 0.2) is 0 Å². The highest BCUT2D eigenvalue weighted by Crippen LogP contribution is 2.18. The minimum Gasteiger partial charge on any atom is -0.155 e. The van der Waals surface area contributed by atoms with Crippen molar-refractivity contribution < 1.29 is 0 Å². The summed E-state index contributed by atoms with van der Waals surface area (Å²) < 4.78 is 0. The summed E-state index contributed by atoms with van der Waals surface area (Å²) in [5.74, 6) is 0. The van der Waals surface area contributed by atoms with Crippen LogP contribution in [0.25, 0.3) is 6.08 Å². The van der Waals surface area contributed by atoms with Crippen molar-refractivity contribution in [3.63, 3.8) is 0 Å². The van der Waals surface area contributed by atoms with Crippen molar-refractivity contribution in [2.45, 2.75) is 6.42 Å². The van der Waals surface area contributed by atoms with Gasteiger partial charge in [0.25, 0.3) is 0 Å². The molecule has 0 saturated carbocycles. The molecule has 0 unspecified atom stereocenters. The summed E-state index contributed by atoms with van der Waals surface area (Å²) in [6.45, 7) is 0. The summed E-state index contributed by atoms with van der Waals surface area (Å²) >= 11 is 0. The molecule has 0 bridgehead atoms. The molecule has 0 amide bonds. The molecule has 2 nitrogen and oxygen atoms in total. The molecule has 0 aliphatic heterocycles. The van der Waals surface area contributed by atoms with Crippen LogP contribution in [0.2, 0.25) is 0 Å². The van der Waals surface area contributed by atoms with Crippen molar-refractivity contribution in [1.82, 2.24) is 0 Å². The lowest BCUT2D eigenvalue weighted by molar-refractivity contribution is 1.04. The average molecular weight is 298 g/mol. The number of nitrogens with zero attached hydrogens (tertiary/aromatic N) is 2. The first-order valence-corrected chi connectivity index (χ1v) is 7.66. The minimum absolute atomic E-state index is 0.756. The van der Waals surface area contributed by atoms with Gasteiger partial charge >= 0.3 is 0 Å². The molecule has 0 radical (unpaired) electrons. The lowest BCUT2D eigenvalue weighted by Crippen LogP contribution is -1.87. The van der Waals surface area contributed by atoms with Crippen LogP contribution in [0.15, 0.2) is 107 Å². The van der Waals surface area contributed by atoms with Crippen LogP contribution in [-0.2, 0) is 6.42 Å². The van der Waals surface area contributed by atoms with Gasteiger partial charge in [0.2, 0.25) is 0 Å². The number of allylic oxidation sites excluding steroid dienone is 1. The molecular weight excluding hydrogens is 280 g/mol. The topological polar surface area (TPSA) is 24.7 Å². The van der Waals surface area contributed by atoms with E-state index in [2.05, 4.69) is 40.6 Å². The Labute approximate surface area is 136 Å². The van der Waals surface area contributed by atoms with Gasteiger partial charge in [-0.15, -0.1) is 0 Å².